The van der Waals surface area contributed by atoms with Crippen LogP contribution in [-0.4, -0.2) is 49.7 Å². The highest BCUT2D eigenvalue weighted by atomic mass is 16.5. The van der Waals surface area contributed by atoms with Gasteiger partial charge in [0, 0.05) is 46.2 Å². The van der Waals surface area contributed by atoms with Gasteiger partial charge in [-0.3, -0.25) is 4.79 Å². The number of aryl methyl sites for hydroxylation is 1. The third kappa shape index (κ3) is 6.89. The first-order valence-electron chi connectivity index (χ1n) is 7.24. The van der Waals surface area contributed by atoms with Crippen LogP contribution in [0.2, 0.25) is 0 Å². The highest BCUT2D eigenvalue weighted by Crippen LogP contribution is 2.11. The summed E-state index contributed by atoms with van der Waals surface area (Å²) >= 11 is 0. The number of hydrogen-bond donors (Lipinski definition) is 3. The lowest BCUT2D eigenvalue weighted by Crippen LogP contribution is -2.28. The lowest BCUT2D eigenvalue weighted by atomic mass is 10.3. The number of nitrogens with zero attached hydrogens (tertiary/aromatic N) is 2. The molecule has 21 heavy (non-hydrogen) atoms. The van der Waals surface area contributed by atoms with Crippen molar-refractivity contribution in [3.05, 3.63) is 11.9 Å². The number of hydrogen-bond acceptors (Lipinski definition) is 6. The Balaban J connectivity index is 2.43. The van der Waals surface area contributed by atoms with E-state index >= 15 is 0 Å². The van der Waals surface area contributed by atoms with E-state index in [1.165, 1.54) is 0 Å². The summed E-state index contributed by atoms with van der Waals surface area (Å²) in [6.07, 6.45) is 2.22. The molecule has 0 aromatic carbocycles. The molecule has 1 heterocycles. The Morgan fingerprint density at radius 1 is 1.29 bits per heavy atom. The molecule has 0 aliphatic rings. The molecule has 3 N–H and O–H groups in total. The van der Waals surface area contributed by atoms with Crippen LogP contribution in [0.4, 0.5) is 11.6 Å². The molecule has 7 nitrogen and oxygen atoms in total. The Kier molecular flexibility index (Phi) is 8.11. The minimum atomic E-state index is -0.00349. The zero-order chi connectivity index (χ0) is 15.5. The van der Waals surface area contributed by atoms with Gasteiger partial charge in [-0.2, -0.15) is 0 Å². The number of amides is 1. The van der Waals surface area contributed by atoms with Crippen molar-refractivity contribution in [2.75, 3.05) is 44.5 Å². The van der Waals surface area contributed by atoms with E-state index in [1.54, 1.807) is 7.11 Å². The third-order valence-electron chi connectivity index (χ3n) is 2.79. The molecular weight excluding hydrogens is 270 g/mol. The Bertz CT molecular complexity index is 439. The van der Waals surface area contributed by atoms with Crippen molar-refractivity contribution >= 4 is 17.5 Å². The van der Waals surface area contributed by atoms with Crippen molar-refractivity contribution in [1.29, 1.82) is 0 Å². The maximum absolute atomic E-state index is 11.5. The predicted molar refractivity (Wildman–Crippen MR) is 83.6 cm³/mol. The van der Waals surface area contributed by atoms with E-state index in [0.717, 1.165) is 30.3 Å². The van der Waals surface area contributed by atoms with E-state index in [-0.39, 0.29) is 5.91 Å². The van der Waals surface area contributed by atoms with E-state index in [1.807, 2.05) is 13.1 Å². The number of aromatic nitrogens is 2. The molecule has 0 saturated carbocycles. The van der Waals surface area contributed by atoms with Crippen LogP contribution < -0.4 is 16.0 Å². The summed E-state index contributed by atoms with van der Waals surface area (Å²) in [6, 6.07) is 1.84. The highest BCUT2D eigenvalue weighted by Gasteiger charge is 2.04. The molecule has 118 valence electrons. The Labute approximate surface area is 125 Å². The number of methoxy groups -OCH3 is 1. The van der Waals surface area contributed by atoms with Crippen LogP contribution in [0.25, 0.3) is 0 Å². The van der Waals surface area contributed by atoms with E-state index in [9.17, 15) is 4.79 Å². The maximum Gasteiger partial charge on any atom is 0.221 e. The fourth-order valence-electron chi connectivity index (χ4n) is 1.74. The van der Waals surface area contributed by atoms with Crippen LogP contribution in [0.1, 0.15) is 25.6 Å². The van der Waals surface area contributed by atoms with E-state index < -0.39 is 0 Å². The Hall–Kier alpha value is -1.89. The van der Waals surface area contributed by atoms with E-state index in [2.05, 4.69) is 32.8 Å². The lowest BCUT2D eigenvalue weighted by molar-refractivity contribution is -0.121. The van der Waals surface area contributed by atoms with Crippen LogP contribution >= 0.6 is 0 Å². The first kappa shape index (κ1) is 17.2. The topological polar surface area (TPSA) is 88.2 Å². The molecule has 0 saturated heterocycles. The van der Waals surface area contributed by atoms with Gasteiger partial charge < -0.3 is 20.7 Å². The second kappa shape index (κ2) is 9.93. The van der Waals surface area contributed by atoms with Crippen LogP contribution in [0.3, 0.4) is 0 Å². The predicted octanol–water partition coefficient (Wildman–Crippen LogP) is 1.04. The summed E-state index contributed by atoms with van der Waals surface area (Å²) in [5, 5.41) is 8.95. The van der Waals surface area contributed by atoms with Gasteiger partial charge in [0.15, 0.2) is 0 Å². The molecule has 1 rings (SSSR count). The number of nitrogens with one attached hydrogen (secondary N) is 3. The maximum atomic E-state index is 11.5. The smallest absolute Gasteiger partial charge is 0.221 e. The molecule has 0 atom stereocenters. The SMILES string of the molecule is CCCc1nc(NC)cc(NCCC(=O)NCCOC)n1. The van der Waals surface area contributed by atoms with Gasteiger partial charge >= 0.3 is 0 Å². The number of anilines is 2. The zero-order valence-electron chi connectivity index (χ0n) is 13.0. The highest BCUT2D eigenvalue weighted by molar-refractivity contribution is 5.76. The first-order valence-corrected chi connectivity index (χ1v) is 7.24. The van der Waals surface area contributed by atoms with Crippen LogP contribution in [-0.2, 0) is 16.0 Å². The molecule has 0 radical (unpaired) electrons. The van der Waals surface area contributed by atoms with Crippen LogP contribution in [0, 0.1) is 0 Å². The van der Waals surface area contributed by atoms with Gasteiger partial charge in [-0.25, -0.2) is 9.97 Å². The average molecular weight is 295 g/mol. The van der Waals surface area contributed by atoms with Gasteiger partial charge in [0.1, 0.15) is 17.5 Å². The summed E-state index contributed by atoms with van der Waals surface area (Å²) in [5.41, 5.74) is 0. The molecule has 1 amide bonds. The molecule has 0 spiro atoms. The second-order valence-electron chi connectivity index (χ2n) is 4.57. The molecule has 7 heteroatoms. The molecule has 0 fully saturated rings. The van der Waals surface area contributed by atoms with Crippen LogP contribution in [0.15, 0.2) is 6.07 Å². The number of carbonyl (C=O) groups is 1. The van der Waals surface area contributed by atoms with E-state index in [4.69, 9.17) is 4.74 Å². The monoisotopic (exact) mass is 295 g/mol. The summed E-state index contributed by atoms with van der Waals surface area (Å²) in [6.45, 7) is 3.68. The molecule has 0 aliphatic heterocycles. The largest absolute Gasteiger partial charge is 0.383 e. The molecule has 0 unspecified atom stereocenters. The van der Waals surface area contributed by atoms with Gasteiger partial charge in [0.2, 0.25) is 5.91 Å². The minimum absolute atomic E-state index is 0.00349. The molecule has 0 aliphatic carbocycles. The fourth-order valence-corrected chi connectivity index (χ4v) is 1.74. The Morgan fingerprint density at radius 2 is 2.05 bits per heavy atom. The van der Waals surface area contributed by atoms with Gasteiger partial charge in [0.25, 0.3) is 0 Å². The lowest BCUT2D eigenvalue weighted by Gasteiger charge is -2.09. The summed E-state index contributed by atoms with van der Waals surface area (Å²) in [7, 11) is 3.43. The first-order chi connectivity index (χ1) is 10.2. The number of carbonyl (C=O) groups excluding carboxylic acids is 1. The minimum Gasteiger partial charge on any atom is -0.383 e. The van der Waals surface area contributed by atoms with Crippen molar-refractivity contribution in [2.24, 2.45) is 0 Å². The molecule has 0 bridgehead atoms. The van der Waals surface area contributed by atoms with Crippen molar-refractivity contribution in [1.82, 2.24) is 15.3 Å². The average Bonchev–Trinajstić information content (AvgIpc) is 2.47. The molecule has 1 aromatic heterocycles. The van der Waals surface area contributed by atoms with Crippen molar-refractivity contribution in [3.63, 3.8) is 0 Å². The van der Waals surface area contributed by atoms with Crippen molar-refractivity contribution < 1.29 is 9.53 Å². The summed E-state index contributed by atoms with van der Waals surface area (Å²) in [4.78, 5) is 20.4. The second-order valence-corrected chi connectivity index (χ2v) is 4.57. The zero-order valence-corrected chi connectivity index (χ0v) is 13.0. The summed E-state index contributed by atoms with van der Waals surface area (Å²) < 4.78 is 4.87. The molecule has 1 aromatic rings. The standard InChI is InChI=1S/C14H25N5O2/c1-4-5-11-18-12(15-2)10-13(19-11)16-7-6-14(20)17-8-9-21-3/h10H,4-9H2,1-3H3,(H,17,20)(H2,15,16,18,19). The quantitative estimate of drug-likeness (QED) is 0.559. The fraction of sp³-hybridized carbons (Fsp3) is 0.643. The van der Waals surface area contributed by atoms with Crippen molar-refractivity contribution in [2.45, 2.75) is 26.2 Å². The van der Waals surface area contributed by atoms with Gasteiger partial charge in [-0.15, -0.1) is 0 Å². The number of rotatable bonds is 10. The molecular formula is C14H25N5O2. The van der Waals surface area contributed by atoms with E-state index in [0.29, 0.717) is 26.1 Å². The summed E-state index contributed by atoms with van der Waals surface area (Å²) in [5.74, 6) is 2.32. The van der Waals surface area contributed by atoms with Gasteiger partial charge in [-0.1, -0.05) is 6.92 Å². The van der Waals surface area contributed by atoms with Gasteiger partial charge in [0.05, 0.1) is 6.61 Å². The Morgan fingerprint density at radius 3 is 2.71 bits per heavy atom. The van der Waals surface area contributed by atoms with Gasteiger partial charge in [-0.05, 0) is 6.42 Å². The third-order valence-corrected chi connectivity index (χ3v) is 2.79. The number of ether oxygens (including phenoxy) is 1. The van der Waals surface area contributed by atoms with Crippen molar-refractivity contribution in [3.8, 4) is 0 Å². The van der Waals surface area contributed by atoms with Crippen LogP contribution in [0.5, 0.6) is 0 Å². The normalized spacial score (nSPS) is 10.2.